The molecule has 1 saturated heterocycles. The number of amides is 1. The molecule has 3 heterocycles. The first kappa shape index (κ1) is 24.3. The molecule has 0 spiro atoms. The number of fused-ring (bicyclic) bond motifs is 1. The molecule has 2 aromatic heterocycles. The number of thiazole rings is 1. The molecule has 1 aliphatic heterocycles. The topological polar surface area (TPSA) is 81.0 Å². The van der Waals surface area contributed by atoms with Crippen LogP contribution in [0.15, 0.2) is 38.8 Å². The molecule has 0 N–H and O–H groups in total. The maximum absolute atomic E-state index is 13.2. The van der Waals surface area contributed by atoms with Crippen molar-refractivity contribution in [2.24, 2.45) is 10.9 Å². The lowest BCUT2D eigenvalue weighted by Crippen LogP contribution is -2.42. The molecule has 1 fully saturated rings. The molecule has 0 radical (unpaired) electrons. The van der Waals surface area contributed by atoms with Gasteiger partial charge in [-0.15, -0.1) is 11.3 Å². The fourth-order valence-electron chi connectivity index (χ4n) is 4.01. The van der Waals surface area contributed by atoms with Crippen molar-refractivity contribution >= 4 is 48.8 Å². The summed E-state index contributed by atoms with van der Waals surface area (Å²) in [5.74, 6) is -0.700. The average molecular weight is 508 g/mol. The SMILES string of the molecule is CCOCCn1c(=NC(=O)C2CCCN(S(=O)(=O)c3cccs3)C2)sc2cc(C)c(C)cc21. The number of piperidine rings is 1. The van der Waals surface area contributed by atoms with E-state index in [9.17, 15) is 13.2 Å². The zero-order valence-electron chi connectivity index (χ0n) is 19.1. The lowest BCUT2D eigenvalue weighted by atomic mass is 9.99. The van der Waals surface area contributed by atoms with Crippen LogP contribution in [0.5, 0.6) is 0 Å². The second-order valence-electron chi connectivity index (χ2n) is 8.22. The summed E-state index contributed by atoms with van der Waals surface area (Å²) >= 11 is 2.69. The van der Waals surface area contributed by atoms with Crippen LogP contribution in [0.4, 0.5) is 0 Å². The summed E-state index contributed by atoms with van der Waals surface area (Å²) < 4.78 is 36.3. The Labute approximate surface area is 202 Å². The van der Waals surface area contributed by atoms with Gasteiger partial charge in [0.2, 0.25) is 0 Å². The van der Waals surface area contributed by atoms with Crippen LogP contribution in [0.1, 0.15) is 30.9 Å². The number of carbonyl (C=O) groups excluding carboxylic acids is 1. The highest BCUT2D eigenvalue weighted by molar-refractivity contribution is 7.91. The van der Waals surface area contributed by atoms with E-state index in [1.165, 1.54) is 38.1 Å². The van der Waals surface area contributed by atoms with Crippen LogP contribution in [-0.4, -0.2) is 49.5 Å². The van der Waals surface area contributed by atoms with Gasteiger partial charge in [-0.3, -0.25) is 4.79 Å². The first-order valence-corrected chi connectivity index (χ1v) is 14.3. The molecule has 178 valence electrons. The number of nitrogens with zero attached hydrogens (tertiary/aromatic N) is 3. The third-order valence-corrected chi connectivity index (χ3v) is 10.3. The van der Waals surface area contributed by atoms with E-state index >= 15 is 0 Å². The van der Waals surface area contributed by atoms with Gasteiger partial charge >= 0.3 is 0 Å². The molecule has 1 atom stereocenters. The Balaban J connectivity index is 1.64. The molecule has 4 rings (SSSR count). The van der Waals surface area contributed by atoms with Crippen molar-refractivity contribution in [3.8, 4) is 0 Å². The highest BCUT2D eigenvalue weighted by Gasteiger charge is 2.33. The lowest BCUT2D eigenvalue weighted by molar-refractivity contribution is -0.122. The van der Waals surface area contributed by atoms with E-state index in [-0.39, 0.29) is 12.5 Å². The van der Waals surface area contributed by atoms with E-state index in [1.807, 2.05) is 11.5 Å². The van der Waals surface area contributed by atoms with Gasteiger partial charge in [0.15, 0.2) is 4.80 Å². The molecular formula is C23H29N3O4S3. The zero-order valence-corrected chi connectivity index (χ0v) is 21.6. The van der Waals surface area contributed by atoms with Crippen molar-refractivity contribution < 1.29 is 17.9 Å². The maximum atomic E-state index is 13.2. The smallest absolute Gasteiger partial charge is 0.252 e. The van der Waals surface area contributed by atoms with Crippen LogP contribution in [0.25, 0.3) is 10.2 Å². The number of ether oxygens (including phenoxy) is 1. The first-order chi connectivity index (χ1) is 15.8. The van der Waals surface area contributed by atoms with Crippen LogP contribution in [0.3, 0.4) is 0 Å². The Bertz CT molecular complexity index is 1310. The Hall–Kier alpha value is -1.85. The minimum absolute atomic E-state index is 0.171. The highest BCUT2D eigenvalue weighted by atomic mass is 32.2. The van der Waals surface area contributed by atoms with Crippen molar-refractivity contribution in [1.29, 1.82) is 0 Å². The van der Waals surface area contributed by atoms with Gasteiger partial charge in [0, 0.05) is 26.2 Å². The number of aryl methyl sites for hydroxylation is 2. The fraction of sp³-hybridized carbons (Fsp3) is 0.478. The highest BCUT2D eigenvalue weighted by Crippen LogP contribution is 2.27. The van der Waals surface area contributed by atoms with Crippen molar-refractivity contribution in [2.45, 2.75) is 44.4 Å². The molecule has 0 aliphatic carbocycles. The number of hydrogen-bond acceptors (Lipinski definition) is 6. The molecule has 33 heavy (non-hydrogen) atoms. The van der Waals surface area contributed by atoms with Crippen LogP contribution in [-0.2, 0) is 26.1 Å². The molecule has 0 bridgehead atoms. The van der Waals surface area contributed by atoms with Crippen molar-refractivity contribution in [1.82, 2.24) is 8.87 Å². The molecule has 1 aliphatic rings. The van der Waals surface area contributed by atoms with E-state index in [2.05, 4.69) is 31.0 Å². The first-order valence-electron chi connectivity index (χ1n) is 11.1. The average Bonchev–Trinajstić information content (AvgIpc) is 3.44. The summed E-state index contributed by atoms with van der Waals surface area (Å²) in [5.41, 5.74) is 3.42. The fourth-order valence-corrected chi connectivity index (χ4v) is 7.82. The van der Waals surface area contributed by atoms with Crippen LogP contribution in [0.2, 0.25) is 0 Å². The molecule has 0 saturated carbocycles. The van der Waals surface area contributed by atoms with Crippen molar-refractivity contribution in [3.05, 3.63) is 45.6 Å². The largest absolute Gasteiger partial charge is 0.380 e. The van der Waals surface area contributed by atoms with E-state index in [1.54, 1.807) is 17.5 Å². The van der Waals surface area contributed by atoms with Crippen molar-refractivity contribution in [3.63, 3.8) is 0 Å². The summed E-state index contributed by atoms with van der Waals surface area (Å²) in [6.07, 6.45) is 1.28. The van der Waals surface area contributed by atoms with Gasteiger partial charge < -0.3 is 9.30 Å². The number of sulfonamides is 1. The Morgan fingerprint density at radius 3 is 2.79 bits per heavy atom. The number of hydrogen-bond donors (Lipinski definition) is 0. The summed E-state index contributed by atoms with van der Waals surface area (Å²) in [6, 6.07) is 7.60. The quantitative estimate of drug-likeness (QED) is 0.454. The van der Waals surface area contributed by atoms with Crippen LogP contribution >= 0.6 is 22.7 Å². The van der Waals surface area contributed by atoms with Crippen LogP contribution in [0, 0.1) is 19.8 Å². The van der Waals surface area contributed by atoms with E-state index < -0.39 is 15.9 Å². The predicted molar refractivity (Wildman–Crippen MR) is 132 cm³/mol. The van der Waals surface area contributed by atoms with Gasteiger partial charge in [-0.2, -0.15) is 9.30 Å². The Morgan fingerprint density at radius 1 is 1.27 bits per heavy atom. The number of aromatic nitrogens is 1. The van der Waals surface area contributed by atoms with Crippen molar-refractivity contribution in [2.75, 3.05) is 26.3 Å². The van der Waals surface area contributed by atoms with Crippen LogP contribution < -0.4 is 4.80 Å². The van der Waals surface area contributed by atoms with E-state index in [4.69, 9.17) is 4.74 Å². The van der Waals surface area contributed by atoms with Gasteiger partial charge in [-0.05, 0) is 68.3 Å². The number of thiophene rings is 1. The lowest BCUT2D eigenvalue weighted by Gasteiger charge is -2.29. The van der Waals surface area contributed by atoms with Gasteiger partial charge in [-0.25, -0.2) is 8.42 Å². The third kappa shape index (κ3) is 5.14. The van der Waals surface area contributed by atoms with E-state index in [0.29, 0.717) is 48.2 Å². The maximum Gasteiger partial charge on any atom is 0.252 e. The molecule has 7 nitrogen and oxygen atoms in total. The van der Waals surface area contributed by atoms with Gasteiger partial charge in [0.25, 0.3) is 15.9 Å². The molecule has 3 aromatic rings. The van der Waals surface area contributed by atoms with Gasteiger partial charge in [0.05, 0.1) is 22.7 Å². The Kier molecular flexibility index (Phi) is 7.49. The summed E-state index contributed by atoms with van der Waals surface area (Å²) in [5, 5.41) is 1.75. The monoisotopic (exact) mass is 507 g/mol. The minimum Gasteiger partial charge on any atom is -0.380 e. The number of rotatable bonds is 7. The zero-order chi connectivity index (χ0) is 23.6. The molecule has 1 amide bonds. The molecular weight excluding hydrogens is 478 g/mol. The third-order valence-electron chi connectivity index (χ3n) is 5.99. The molecule has 1 unspecified atom stereocenters. The second kappa shape index (κ2) is 10.2. The minimum atomic E-state index is -3.57. The second-order valence-corrected chi connectivity index (χ2v) is 12.3. The van der Waals surface area contributed by atoms with E-state index in [0.717, 1.165) is 10.2 Å². The molecule has 10 heteroatoms. The van der Waals surface area contributed by atoms with Gasteiger partial charge in [-0.1, -0.05) is 17.4 Å². The Morgan fingerprint density at radius 2 is 2.06 bits per heavy atom. The standard InChI is InChI=1S/C23H29N3O4S3/c1-4-30-11-10-26-19-13-16(2)17(3)14-20(19)32-23(26)24-22(27)18-7-5-9-25(15-18)33(28,29)21-8-6-12-31-21/h6,8,12-14,18H,4-5,7,9-11,15H2,1-3H3. The predicted octanol–water partition coefficient (Wildman–Crippen LogP) is 3.95. The normalized spacial score (nSPS) is 18.3. The number of benzene rings is 1. The summed E-state index contributed by atoms with van der Waals surface area (Å²) in [6.45, 7) is 8.47. The van der Waals surface area contributed by atoms with Gasteiger partial charge in [0.1, 0.15) is 4.21 Å². The summed E-state index contributed by atoms with van der Waals surface area (Å²) in [4.78, 5) is 18.3. The summed E-state index contributed by atoms with van der Waals surface area (Å²) in [7, 11) is -3.57. The number of carbonyl (C=O) groups is 1. The molecule has 1 aromatic carbocycles.